The maximum Gasteiger partial charge on any atom is 0.266 e. The van der Waals surface area contributed by atoms with Gasteiger partial charge in [0.2, 0.25) is 0 Å². The van der Waals surface area contributed by atoms with E-state index in [1.807, 2.05) is 37.3 Å². The van der Waals surface area contributed by atoms with Gasteiger partial charge in [0.15, 0.2) is 5.16 Å². The number of benzene rings is 3. The van der Waals surface area contributed by atoms with Gasteiger partial charge in [0.25, 0.3) is 11.5 Å². The lowest BCUT2D eigenvalue weighted by Gasteiger charge is -2.14. The summed E-state index contributed by atoms with van der Waals surface area (Å²) in [5.41, 5.74) is 4.95. The van der Waals surface area contributed by atoms with Gasteiger partial charge in [-0.1, -0.05) is 54.2 Å². The van der Waals surface area contributed by atoms with E-state index in [-0.39, 0.29) is 23.0 Å². The lowest BCUT2D eigenvalue weighted by molar-refractivity contribution is -0.118. The first-order valence-corrected chi connectivity index (χ1v) is 10.8. The molecule has 0 spiro atoms. The molecule has 32 heavy (non-hydrogen) atoms. The second-order valence-electron chi connectivity index (χ2n) is 6.98. The lowest BCUT2D eigenvalue weighted by Crippen LogP contribution is -2.24. The first kappa shape index (κ1) is 21.3. The summed E-state index contributed by atoms with van der Waals surface area (Å²) in [7, 11) is 0. The van der Waals surface area contributed by atoms with Gasteiger partial charge in [-0.15, -0.1) is 0 Å². The number of rotatable bonds is 6. The van der Waals surface area contributed by atoms with Crippen LogP contribution in [0.1, 0.15) is 11.1 Å². The van der Waals surface area contributed by atoms with Crippen LogP contribution in [0.4, 0.5) is 0 Å². The molecule has 0 saturated heterocycles. The van der Waals surface area contributed by atoms with Crippen molar-refractivity contribution in [2.75, 3.05) is 5.75 Å². The van der Waals surface area contributed by atoms with Gasteiger partial charge in [-0.2, -0.15) is 5.10 Å². The Kier molecular flexibility index (Phi) is 6.32. The Morgan fingerprint density at radius 3 is 2.62 bits per heavy atom. The summed E-state index contributed by atoms with van der Waals surface area (Å²) < 4.78 is 1.54. The van der Waals surface area contributed by atoms with Crippen LogP contribution in [0.15, 0.2) is 87.8 Å². The van der Waals surface area contributed by atoms with Crippen LogP contribution < -0.4 is 11.0 Å². The van der Waals surface area contributed by atoms with Gasteiger partial charge < -0.3 is 5.11 Å². The molecule has 0 aliphatic carbocycles. The Balaban J connectivity index is 1.59. The molecule has 1 heterocycles. The summed E-state index contributed by atoms with van der Waals surface area (Å²) in [5, 5.41) is 14.6. The number of carbonyl (C=O) groups is 1. The van der Waals surface area contributed by atoms with E-state index in [0.29, 0.717) is 21.6 Å². The lowest BCUT2D eigenvalue weighted by atomic mass is 10.2. The molecule has 160 valence electrons. The molecular weight excluding hydrogens is 424 g/mol. The number of hydrogen-bond donors (Lipinski definition) is 2. The van der Waals surface area contributed by atoms with Gasteiger partial charge in [-0.05, 0) is 42.8 Å². The minimum atomic E-state index is -0.361. The predicted molar refractivity (Wildman–Crippen MR) is 127 cm³/mol. The number of phenolic OH excluding ortho intramolecular Hbond substituents is 1. The monoisotopic (exact) mass is 444 g/mol. The van der Waals surface area contributed by atoms with Crippen LogP contribution in [0.5, 0.6) is 5.75 Å². The Hall–Kier alpha value is -3.91. The molecule has 7 nitrogen and oxygen atoms in total. The molecule has 1 aromatic heterocycles. The number of para-hydroxylation sites is 3. The van der Waals surface area contributed by atoms with Crippen molar-refractivity contribution in [2.45, 2.75) is 12.1 Å². The van der Waals surface area contributed by atoms with Crippen molar-refractivity contribution in [2.24, 2.45) is 5.10 Å². The summed E-state index contributed by atoms with van der Waals surface area (Å²) in [6.07, 6.45) is 1.37. The average Bonchev–Trinajstić information content (AvgIpc) is 2.80. The number of fused-ring (bicyclic) bond motifs is 1. The first-order valence-electron chi connectivity index (χ1n) is 9.85. The van der Waals surface area contributed by atoms with Crippen molar-refractivity contribution >= 4 is 34.8 Å². The van der Waals surface area contributed by atoms with E-state index in [1.54, 1.807) is 41.0 Å². The summed E-state index contributed by atoms with van der Waals surface area (Å²) in [5.74, 6) is -0.280. The highest BCUT2D eigenvalue weighted by molar-refractivity contribution is 7.99. The van der Waals surface area contributed by atoms with Crippen molar-refractivity contribution in [1.29, 1.82) is 0 Å². The Labute approximate surface area is 188 Å². The second-order valence-corrected chi connectivity index (χ2v) is 7.92. The smallest absolute Gasteiger partial charge is 0.266 e. The summed E-state index contributed by atoms with van der Waals surface area (Å²) in [6.45, 7) is 1.92. The van der Waals surface area contributed by atoms with Crippen molar-refractivity contribution in [3.63, 3.8) is 0 Å². The van der Waals surface area contributed by atoms with Gasteiger partial charge in [-0.25, -0.2) is 10.4 Å². The van der Waals surface area contributed by atoms with Crippen LogP contribution in [-0.4, -0.2) is 32.5 Å². The average molecular weight is 445 g/mol. The summed E-state index contributed by atoms with van der Waals surface area (Å²) in [6, 6.07) is 21.4. The summed E-state index contributed by atoms with van der Waals surface area (Å²) in [4.78, 5) is 30.2. The van der Waals surface area contributed by atoms with E-state index < -0.39 is 0 Å². The molecule has 0 unspecified atom stereocenters. The van der Waals surface area contributed by atoms with Crippen LogP contribution >= 0.6 is 11.8 Å². The SMILES string of the molecule is Cc1ccccc1-n1c(SCC(=O)N/N=C/c2ccccc2O)nc2ccccc2c1=O. The Bertz CT molecular complexity index is 1380. The molecule has 0 radical (unpaired) electrons. The highest BCUT2D eigenvalue weighted by Gasteiger charge is 2.15. The van der Waals surface area contributed by atoms with Crippen LogP contribution in [0, 0.1) is 6.92 Å². The zero-order chi connectivity index (χ0) is 22.5. The molecule has 0 aliphatic rings. The fourth-order valence-corrected chi connectivity index (χ4v) is 3.97. The number of aromatic hydroxyl groups is 1. The number of hydrogen-bond acceptors (Lipinski definition) is 6. The topological polar surface area (TPSA) is 96.6 Å². The van der Waals surface area contributed by atoms with E-state index in [0.717, 1.165) is 23.0 Å². The van der Waals surface area contributed by atoms with E-state index >= 15 is 0 Å². The molecule has 0 atom stereocenters. The van der Waals surface area contributed by atoms with Gasteiger partial charge in [0.05, 0.1) is 28.6 Å². The Morgan fingerprint density at radius 1 is 1.09 bits per heavy atom. The largest absolute Gasteiger partial charge is 0.507 e. The quantitative estimate of drug-likeness (QED) is 0.205. The maximum absolute atomic E-state index is 13.3. The molecule has 4 aromatic rings. The van der Waals surface area contributed by atoms with E-state index in [2.05, 4.69) is 15.5 Å². The normalized spacial score (nSPS) is 11.2. The zero-order valence-electron chi connectivity index (χ0n) is 17.2. The molecule has 0 bridgehead atoms. The number of amides is 1. The van der Waals surface area contributed by atoms with E-state index in [9.17, 15) is 14.7 Å². The van der Waals surface area contributed by atoms with Crippen LogP contribution in [0.2, 0.25) is 0 Å². The Morgan fingerprint density at radius 2 is 1.81 bits per heavy atom. The third-order valence-electron chi connectivity index (χ3n) is 4.76. The fraction of sp³-hybridized carbons (Fsp3) is 0.0833. The highest BCUT2D eigenvalue weighted by Crippen LogP contribution is 2.23. The van der Waals surface area contributed by atoms with Crippen molar-refractivity contribution in [1.82, 2.24) is 15.0 Å². The number of aryl methyl sites for hydroxylation is 1. The van der Waals surface area contributed by atoms with E-state index in [4.69, 9.17) is 0 Å². The van der Waals surface area contributed by atoms with Crippen molar-refractivity contribution in [3.05, 3.63) is 94.3 Å². The third-order valence-corrected chi connectivity index (χ3v) is 5.70. The predicted octanol–water partition coefficient (Wildman–Crippen LogP) is 3.64. The zero-order valence-corrected chi connectivity index (χ0v) is 18.0. The number of hydrazone groups is 1. The summed E-state index contributed by atoms with van der Waals surface area (Å²) >= 11 is 1.15. The molecule has 8 heteroatoms. The molecular formula is C24H20N4O3S. The van der Waals surface area contributed by atoms with Gasteiger partial charge in [0, 0.05) is 5.56 Å². The number of thioether (sulfide) groups is 1. The van der Waals surface area contributed by atoms with Crippen LogP contribution in [-0.2, 0) is 4.79 Å². The number of carbonyl (C=O) groups excluding carboxylic acids is 1. The number of nitrogens with one attached hydrogen (secondary N) is 1. The molecule has 3 aromatic carbocycles. The first-order chi connectivity index (χ1) is 15.5. The number of nitrogens with zero attached hydrogens (tertiary/aromatic N) is 3. The van der Waals surface area contributed by atoms with Crippen molar-refractivity contribution < 1.29 is 9.90 Å². The highest BCUT2D eigenvalue weighted by atomic mass is 32.2. The minimum absolute atomic E-state index is 0.00870. The van der Waals surface area contributed by atoms with Gasteiger partial charge >= 0.3 is 0 Å². The van der Waals surface area contributed by atoms with Crippen LogP contribution in [0.3, 0.4) is 0 Å². The van der Waals surface area contributed by atoms with Gasteiger partial charge in [0.1, 0.15) is 5.75 Å². The molecule has 1 amide bonds. The maximum atomic E-state index is 13.3. The third kappa shape index (κ3) is 4.55. The minimum Gasteiger partial charge on any atom is -0.507 e. The number of aromatic nitrogens is 2. The van der Waals surface area contributed by atoms with Gasteiger partial charge in [-0.3, -0.25) is 14.2 Å². The molecule has 0 saturated carbocycles. The molecule has 0 fully saturated rings. The number of phenols is 1. The van der Waals surface area contributed by atoms with Crippen LogP contribution in [0.25, 0.3) is 16.6 Å². The van der Waals surface area contributed by atoms with Crippen molar-refractivity contribution in [3.8, 4) is 11.4 Å². The molecule has 0 aliphatic heterocycles. The molecule has 4 rings (SSSR count). The van der Waals surface area contributed by atoms with E-state index in [1.165, 1.54) is 12.3 Å². The standard InChI is InChI=1S/C24H20N4O3S/c1-16-8-2-6-12-20(16)28-23(31)18-10-4-5-11-19(18)26-24(28)32-15-22(30)27-25-14-17-9-3-7-13-21(17)29/h2-14,29H,15H2,1H3,(H,27,30)/b25-14+. The molecule has 2 N–H and O–H groups in total. The fourth-order valence-electron chi connectivity index (χ4n) is 3.17. The second kappa shape index (κ2) is 9.49.